The summed E-state index contributed by atoms with van der Waals surface area (Å²) in [5.41, 5.74) is 1.44. The van der Waals surface area contributed by atoms with Crippen molar-refractivity contribution >= 4 is 33.3 Å². The number of ketones is 1. The Morgan fingerprint density at radius 2 is 2.05 bits per heavy atom. The number of rotatable bonds is 3. The molecular formula is C15H13BrN2O2. The molecule has 0 saturated carbocycles. The summed E-state index contributed by atoms with van der Waals surface area (Å²) >= 11 is 3.34. The molecule has 0 spiro atoms. The number of Topliss-reactive ketones (excluding diaryl/α,β-unsaturated/α-hetero) is 1. The largest absolute Gasteiger partial charge is 0.344 e. The normalized spacial score (nSPS) is 17.1. The summed E-state index contributed by atoms with van der Waals surface area (Å²) < 4.78 is 2.86. The molecule has 2 aromatic rings. The van der Waals surface area contributed by atoms with E-state index in [2.05, 4.69) is 21.2 Å². The Morgan fingerprint density at radius 3 is 2.75 bits per heavy atom. The number of aromatic nitrogens is 1. The third-order valence-electron chi connectivity index (χ3n) is 3.43. The Bertz CT molecular complexity index is 661. The number of amides is 1. The van der Waals surface area contributed by atoms with Crippen LogP contribution in [0.5, 0.6) is 0 Å². The van der Waals surface area contributed by atoms with Gasteiger partial charge < -0.3 is 9.88 Å². The maximum absolute atomic E-state index is 12.1. The van der Waals surface area contributed by atoms with Crippen LogP contribution in [0.25, 0.3) is 0 Å². The van der Waals surface area contributed by atoms with Gasteiger partial charge >= 0.3 is 0 Å². The molecule has 0 radical (unpaired) electrons. The van der Waals surface area contributed by atoms with Crippen molar-refractivity contribution in [3.63, 3.8) is 0 Å². The van der Waals surface area contributed by atoms with Gasteiger partial charge in [0.1, 0.15) is 0 Å². The maximum atomic E-state index is 12.1. The van der Waals surface area contributed by atoms with E-state index in [1.54, 1.807) is 6.07 Å². The van der Waals surface area contributed by atoms with Crippen LogP contribution in [0, 0.1) is 5.92 Å². The molecular weight excluding hydrogens is 320 g/mol. The molecule has 1 aromatic heterocycles. The summed E-state index contributed by atoms with van der Waals surface area (Å²) in [5.74, 6) is -0.320. The van der Waals surface area contributed by atoms with Crippen LogP contribution in [-0.2, 0) is 11.3 Å². The van der Waals surface area contributed by atoms with E-state index in [0.717, 1.165) is 10.2 Å². The zero-order chi connectivity index (χ0) is 14.1. The van der Waals surface area contributed by atoms with Crippen molar-refractivity contribution in [1.29, 1.82) is 0 Å². The van der Waals surface area contributed by atoms with Gasteiger partial charge in [0.15, 0.2) is 5.78 Å². The van der Waals surface area contributed by atoms with Gasteiger partial charge in [-0.1, -0.05) is 15.9 Å². The fourth-order valence-electron chi connectivity index (χ4n) is 2.45. The molecule has 1 atom stereocenters. The first kappa shape index (κ1) is 13.1. The predicted octanol–water partition coefficient (Wildman–Crippen LogP) is 3.09. The van der Waals surface area contributed by atoms with Crippen molar-refractivity contribution in [3.8, 4) is 0 Å². The van der Waals surface area contributed by atoms with Crippen LogP contribution >= 0.6 is 15.9 Å². The minimum Gasteiger partial charge on any atom is -0.344 e. The minimum atomic E-state index is -0.248. The first-order valence-corrected chi connectivity index (χ1v) is 7.17. The number of hydrogen-bond donors (Lipinski definition) is 1. The topological polar surface area (TPSA) is 51.1 Å². The predicted molar refractivity (Wildman–Crippen MR) is 79.6 cm³/mol. The lowest BCUT2D eigenvalue weighted by Gasteiger charge is -2.09. The molecule has 102 valence electrons. The number of fused-ring (bicyclic) bond motifs is 1. The molecule has 2 heterocycles. The Morgan fingerprint density at radius 1 is 1.30 bits per heavy atom. The minimum absolute atomic E-state index is 0.0564. The average Bonchev–Trinajstić information content (AvgIpc) is 2.97. The SMILES string of the molecule is O=C(CC1Cn2cccc2C1=O)Nc1ccc(Br)cc1. The van der Waals surface area contributed by atoms with Gasteiger partial charge in [0.05, 0.1) is 11.6 Å². The van der Waals surface area contributed by atoms with Crippen molar-refractivity contribution in [1.82, 2.24) is 4.57 Å². The average molecular weight is 333 g/mol. The first-order chi connectivity index (χ1) is 9.63. The first-order valence-electron chi connectivity index (χ1n) is 6.38. The van der Waals surface area contributed by atoms with Crippen LogP contribution < -0.4 is 5.32 Å². The van der Waals surface area contributed by atoms with Crippen LogP contribution in [-0.4, -0.2) is 16.3 Å². The van der Waals surface area contributed by atoms with Crippen LogP contribution in [0.3, 0.4) is 0 Å². The molecule has 1 aliphatic rings. The van der Waals surface area contributed by atoms with Gasteiger partial charge in [-0.05, 0) is 36.4 Å². The van der Waals surface area contributed by atoms with Crippen LogP contribution in [0.15, 0.2) is 47.1 Å². The Hall–Kier alpha value is -1.88. The quantitative estimate of drug-likeness (QED) is 0.938. The molecule has 3 rings (SSSR count). The Kier molecular flexibility index (Phi) is 3.44. The van der Waals surface area contributed by atoms with Gasteiger partial charge in [-0.15, -0.1) is 0 Å². The molecule has 0 bridgehead atoms. The lowest BCUT2D eigenvalue weighted by Crippen LogP contribution is -2.20. The third-order valence-corrected chi connectivity index (χ3v) is 3.96. The molecule has 4 nitrogen and oxygen atoms in total. The molecule has 5 heteroatoms. The van der Waals surface area contributed by atoms with Crippen molar-refractivity contribution in [2.75, 3.05) is 5.32 Å². The van der Waals surface area contributed by atoms with E-state index >= 15 is 0 Å². The number of halogens is 1. The highest BCUT2D eigenvalue weighted by atomic mass is 79.9. The zero-order valence-electron chi connectivity index (χ0n) is 10.7. The third kappa shape index (κ3) is 2.54. The van der Waals surface area contributed by atoms with Gasteiger partial charge in [0, 0.05) is 29.3 Å². The second kappa shape index (κ2) is 5.25. The summed E-state index contributed by atoms with van der Waals surface area (Å²) in [6.45, 7) is 0.592. The molecule has 0 saturated heterocycles. The Labute approximate surface area is 124 Å². The highest BCUT2D eigenvalue weighted by Crippen LogP contribution is 2.24. The van der Waals surface area contributed by atoms with Gasteiger partial charge in [-0.25, -0.2) is 0 Å². The second-order valence-corrected chi connectivity index (χ2v) is 5.78. The molecule has 1 N–H and O–H groups in total. The number of anilines is 1. The number of benzene rings is 1. The summed E-state index contributed by atoms with van der Waals surface area (Å²) in [6.07, 6.45) is 2.09. The van der Waals surface area contributed by atoms with E-state index in [4.69, 9.17) is 0 Å². The summed E-state index contributed by atoms with van der Waals surface area (Å²) in [4.78, 5) is 24.1. The van der Waals surface area contributed by atoms with E-state index < -0.39 is 0 Å². The number of carbonyl (C=O) groups is 2. The lowest BCUT2D eigenvalue weighted by molar-refractivity contribution is -0.116. The summed E-state index contributed by atoms with van der Waals surface area (Å²) in [5, 5.41) is 2.81. The zero-order valence-corrected chi connectivity index (χ0v) is 12.3. The van der Waals surface area contributed by atoms with Crippen LogP contribution in [0.2, 0.25) is 0 Å². The summed E-state index contributed by atoms with van der Waals surface area (Å²) in [6, 6.07) is 11.0. The van der Waals surface area contributed by atoms with E-state index in [9.17, 15) is 9.59 Å². The van der Waals surface area contributed by atoms with E-state index in [1.807, 2.05) is 41.1 Å². The van der Waals surface area contributed by atoms with Gasteiger partial charge in [0.2, 0.25) is 5.91 Å². The van der Waals surface area contributed by atoms with Gasteiger partial charge in [-0.3, -0.25) is 9.59 Å². The van der Waals surface area contributed by atoms with Crippen molar-refractivity contribution in [2.45, 2.75) is 13.0 Å². The Balaban J connectivity index is 1.62. The van der Waals surface area contributed by atoms with Gasteiger partial charge in [0.25, 0.3) is 0 Å². The fraction of sp³-hybridized carbons (Fsp3) is 0.200. The smallest absolute Gasteiger partial charge is 0.225 e. The highest BCUT2D eigenvalue weighted by molar-refractivity contribution is 9.10. The highest BCUT2D eigenvalue weighted by Gasteiger charge is 2.31. The molecule has 0 fully saturated rings. The van der Waals surface area contributed by atoms with Crippen molar-refractivity contribution in [3.05, 3.63) is 52.8 Å². The van der Waals surface area contributed by atoms with E-state index in [0.29, 0.717) is 12.2 Å². The molecule has 1 unspecified atom stereocenters. The number of carbonyl (C=O) groups excluding carboxylic acids is 2. The van der Waals surface area contributed by atoms with Crippen LogP contribution in [0.4, 0.5) is 5.69 Å². The van der Waals surface area contributed by atoms with Crippen molar-refractivity contribution < 1.29 is 9.59 Å². The molecule has 0 aliphatic carbocycles. The maximum Gasteiger partial charge on any atom is 0.225 e. The molecule has 1 aromatic carbocycles. The van der Waals surface area contributed by atoms with Crippen LogP contribution in [0.1, 0.15) is 16.9 Å². The summed E-state index contributed by atoms with van der Waals surface area (Å²) in [7, 11) is 0. The van der Waals surface area contributed by atoms with Gasteiger partial charge in [-0.2, -0.15) is 0 Å². The van der Waals surface area contributed by atoms with Crippen molar-refractivity contribution in [2.24, 2.45) is 5.92 Å². The fourth-order valence-corrected chi connectivity index (χ4v) is 2.72. The lowest BCUT2D eigenvalue weighted by atomic mass is 10.0. The monoisotopic (exact) mass is 332 g/mol. The molecule has 20 heavy (non-hydrogen) atoms. The number of nitrogens with zero attached hydrogens (tertiary/aromatic N) is 1. The van der Waals surface area contributed by atoms with E-state index in [-0.39, 0.29) is 24.0 Å². The second-order valence-electron chi connectivity index (χ2n) is 4.87. The molecule has 1 amide bonds. The van der Waals surface area contributed by atoms with E-state index in [1.165, 1.54) is 0 Å². The molecule has 1 aliphatic heterocycles. The number of hydrogen-bond acceptors (Lipinski definition) is 2. The number of nitrogens with one attached hydrogen (secondary N) is 1. The standard InChI is InChI=1S/C15H13BrN2O2/c16-11-3-5-12(6-4-11)17-14(19)8-10-9-18-7-1-2-13(18)15(10)20/h1-7,10H,8-9H2,(H,17,19).